The predicted octanol–water partition coefficient (Wildman–Crippen LogP) is 3.11. The highest BCUT2D eigenvalue weighted by molar-refractivity contribution is 7.63. The minimum Gasteiger partial charge on any atom is -0.481 e. The van der Waals surface area contributed by atoms with Crippen molar-refractivity contribution < 1.29 is 28.6 Å². The van der Waals surface area contributed by atoms with Gasteiger partial charge in [-0.1, -0.05) is 32.1 Å². The monoisotopic (exact) mass is 431 g/mol. The number of rotatable bonds is 5. The van der Waals surface area contributed by atoms with Gasteiger partial charge in [0, 0.05) is 18.4 Å². The third-order valence-corrected chi connectivity index (χ3v) is 5.68. The Kier molecular flexibility index (Phi) is 7.73. The SMILES string of the molecule is CC(=O)O.CC(C)NP(=O)(O)c1ccc(-c2nc(N)sc2C(=O)C(C)(C)C)o1. The first kappa shape index (κ1) is 24.0. The fourth-order valence-electron chi connectivity index (χ4n) is 2.03. The van der Waals surface area contributed by atoms with E-state index >= 15 is 0 Å². The maximum Gasteiger partial charge on any atom is 0.332 e. The van der Waals surface area contributed by atoms with Crippen molar-refractivity contribution in [2.45, 2.75) is 47.6 Å². The Morgan fingerprint density at radius 2 is 1.86 bits per heavy atom. The lowest BCUT2D eigenvalue weighted by molar-refractivity contribution is -0.134. The smallest absolute Gasteiger partial charge is 0.332 e. The standard InChI is InChI=1S/C15H22N3O4PS.C2H4O2/c1-8(2)18-23(20,21)10-7-6-9(22-10)11-12(24-14(16)17-11)13(19)15(3,4)5;1-2(3)4/h6-8H,1-5H3,(H2,16,17)(H2,18,20,21);1H3,(H,3,4). The highest BCUT2D eigenvalue weighted by atomic mass is 32.1. The van der Waals surface area contributed by atoms with Crippen LogP contribution in [0.2, 0.25) is 0 Å². The molecule has 2 rings (SSSR count). The summed E-state index contributed by atoms with van der Waals surface area (Å²) >= 11 is 1.08. The van der Waals surface area contributed by atoms with Gasteiger partial charge in [-0.2, -0.15) is 0 Å². The number of aliphatic carboxylic acids is 1. The van der Waals surface area contributed by atoms with Gasteiger partial charge in [-0.05, 0) is 26.0 Å². The summed E-state index contributed by atoms with van der Waals surface area (Å²) in [5, 5.41) is 10.2. The first-order valence-corrected chi connectivity index (χ1v) is 10.8. The Labute approximate surface area is 167 Å². The van der Waals surface area contributed by atoms with Crippen LogP contribution in [0.15, 0.2) is 16.5 Å². The maximum absolute atomic E-state index is 12.6. The van der Waals surface area contributed by atoms with Crippen molar-refractivity contribution in [3.63, 3.8) is 0 Å². The van der Waals surface area contributed by atoms with E-state index in [0.29, 0.717) is 10.6 Å². The number of nitrogens with two attached hydrogens (primary N) is 1. The number of carboxylic acids is 1. The van der Waals surface area contributed by atoms with Crippen molar-refractivity contribution in [1.29, 1.82) is 0 Å². The van der Waals surface area contributed by atoms with Crippen LogP contribution in [0.5, 0.6) is 0 Å². The second-order valence-corrected chi connectivity index (χ2v) is 10.2. The molecule has 0 amide bonds. The summed E-state index contributed by atoms with van der Waals surface area (Å²) in [5.74, 6) is -0.706. The van der Waals surface area contributed by atoms with Crippen LogP contribution >= 0.6 is 18.9 Å². The Hall–Kier alpha value is -2.00. The minimum atomic E-state index is -3.82. The Morgan fingerprint density at radius 3 is 2.32 bits per heavy atom. The van der Waals surface area contributed by atoms with E-state index in [9.17, 15) is 14.3 Å². The molecule has 0 bridgehead atoms. The van der Waals surface area contributed by atoms with Gasteiger partial charge in [0.25, 0.3) is 5.97 Å². The van der Waals surface area contributed by atoms with Gasteiger partial charge in [-0.15, -0.1) is 0 Å². The molecule has 0 radical (unpaired) electrons. The summed E-state index contributed by atoms with van der Waals surface area (Å²) < 4.78 is 17.8. The number of aromatic nitrogens is 1. The number of nitrogens with zero attached hydrogens (tertiary/aromatic N) is 1. The lowest BCUT2D eigenvalue weighted by Crippen LogP contribution is -2.24. The van der Waals surface area contributed by atoms with Gasteiger partial charge in [0.1, 0.15) is 10.6 Å². The zero-order valence-electron chi connectivity index (χ0n) is 16.6. The molecule has 1 atom stereocenters. The lowest BCUT2D eigenvalue weighted by Gasteiger charge is -2.15. The number of nitrogen functional groups attached to an aromatic ring is 1. The van der Waals surface area contributed by atoms with Crippen molar-refractivity contribution in [1.82, 2.24) is 10.1 Å². The molecular weight excluding hydrogens is 405 g/mol. The van der Waals surface area contributed by atoms with Gasteiger partial charge in [-0.3, -0.25) is 14.2 Å². The normalized spacial score (nSPS) is 13.6. The van der Waals surface area contributed by atoms with E-state index < -0.39 is 18.9 Å². The molecule has 9 nitrogen and oxygen atoms in total. The van der Waals surface area contributed by atoms with Gasteiger partial charge in [0.15, 0.2) is 16.7 Å². The lowest BCUT2D eigenvalue weighted by atomic mass is 9.89. The molecule has 0 aliphatic heterocycles. The van der Waals surface area contributed by atoms with E-state index in [0.717, 1.165) is 18.3 Å². The van der Waals surface area contributed by atoms with Crippen molar-refractivity contribution >= 4 is 41.2 Å². The molecule has 1 unspecified atom stereocenters. The van der Waals surface area contributed by atoms with E-state index in [4.69, 9.17) is 20.1 Å². The Bertz CT molecular complexity index is 893. The first-order chi connectivity index (χ1) is 12.6. The molecule has 0 saturated carbocycles. The number of nitrogens with one attached hydrogen (secondary N) is 1. The maximum atomic E-state index is 12.6. The third-order valence-electron chi connectivity index (χ3n) is 3.09. The fraction of sp³-hybridized carbons (Fsp3) is 0.471. The van der Waals surface area contributed by atoms with Gasteiger partial charge in [0.05, 0.1) is 0 Å². The zero-order chi connectivity index (χ0) is 21.9. The molecular formula is C17H26N3O6PS. The summed E-state index contributed by atoms with van der Waals surface area (Å²) in [6.45, 7) is 10.0. The molecule has 0 spiro atoms. The van der Waals surface area contributed by atoms with Crippen LogP contribution < -0.4 is 16.3 Å². The fourth-order valence-corrected chi connectivity index (χ4v) is 4.34. The van der Waals surface area contributed by atoms with Crippen LogP contribution in [-0.2, 0) is 9.36 Å². The Balaban J connectivity index is 0.000000892. The second kappa shape index (κ2) is 9.00. The van der Waals surface area contributed by atoms with Crippen LogP contribution in [0.4, 0.5) is 5.13 Å². The summed E-state index contributed by atoms with van der Waals surface area (Å²) in [7, 11) is -3.82. The second-order valence-electron chi connectivity index (χ2n) is 7.33. The number of carboxylic acid groups (broad SMARTS) is 1. The number of furan rings is 1. The molecule has 11 heteroatoms. The number of thiazole rings is 1. The zero-order valence-corrected chi connectivity index (χ0v) is 18.4. The third kappa shape index (κ3) is 6.56. The number of hydrogen-bond acceptors (Lipinski definition) is 7. The van der Waals surface area contributed by atoms with Crippen LogP contribution in [0, 0.1) is 5.41 Å². The quantitative estimate of drug-likeness (QED) is 0.412. The van der Waals surface area contributed by atoms with Crippen molar-refractivity contribution in [3.8, 4) is 11.5 Å². The molecule has 0 fully saturated rings. The molecule has 156 valence electrons. The minimum absolute atomic E-state index is 0.0908. The summed E-state index contributed by atoms with van der Waals surface area (Å²) in [6.07, 6.45) is 0. The summed E-state index contributed by atoms with van der Waals surface area (Å²) in [5.41, 5.74) is 5.36. The average molecular weight is 431 g/mol. The van der Waals surface area contributed by atoms with Crippen LogP contribution in [-0.4, -0.2) is 32.8 Å². The van der Waals surface area contributed by atoms with E-state index in [2.05, 4.69) is 10.1 Å². The van der Waals surface area contributed by atoms with Crippen LogP contribution in [0.3, 0.4) is 0 Å². The van der Waals surface area contributed by atoms with Gasteiger partial charge >= 0.3 is 7.52 Å². The molecule has 0 aliphatic carbocycles. The molecule has 28 heavy (non-hydrogen) atoms. The largest absolute Gasteiger partial charge is 0.481 e. The molecule has 0 saturated heterocycles. The molecule has 2 aromatic rings. The topological polar surface area (TPSA) is 156 Å². The van der Waals surface area contributed by atoms with Crippen LogP contribution in [0.25, 0.3) is 11.5 Å². The Morgan fingerprint density at radius 1 is 1.32 bits per heavy atom. The van der Waals surface area contributed by atoms with Crippen LogP contribution in [0.1, 0.15) is 51.2 Å². The molecule has 5 N–H and O–H groups in total. The van der Waals surface area contributed by atoms with Gasteiger partial charge in [-0.25, -0.2) is 10.1 Å². The number of ketones is 1. The van der Waals surface area contributed by atoms with E-state index in [-0.39, 0.29) is 28.2 Å². The van der Waals surface area contributed by atoms with Gasteiger partial charge < -0.3 is 20.2 Å². The number of carbonyl (C=O) groups excluding carboxylic acids is 1. The van der Waals surface area contributed by atoms with Gasteiger partial charge in [0.2, 0.25) is 5.50 Å². The number of anilines is 1. The molecule has 0 aromatic carbocycles. The predicted molar refractivity (Wildman–Crippen MR) is 109 cm³/mol. The molecule has 0 aliphatic rings. The number of Topliss-reactive ketones (excluding diaryl/α,β-unsaturated/α-hetero) is 1. The number of hydrogen-bond donors (Lipinski definition) is 4. The number of carbonyl (C=O) groups is 2. The molecule has 2 aromatic heterocycles. The molecule has 2 heterocycles. The first-order valence-electron chi connectivity index (χ1n) is 8.37. The van der Waals surface area contributed by atoms with E-state index in [1.807, 2.05) is 0 Å². The van der Waals surface area contributed by atoms with Crippen molar-refractivity contribution in [3.05, 3.63) is 17.0 Å². The van der Waals surface area contributed by atoms with Crippen molar-refractivity contribution in [2.24, 2.45) is 5.41 Å². The van der Waals surface area contributed by atoms with E-state index in [1.54, 1.807) is 34.6 Å². The summed E-state index contributed by atoms with van der Waals surface area (Å²) in [4.78, 5) is 36.2. The van der Waals surface area contributed by atoms with E-state index in [1.165, 1.54) is 12.1 Å². The average Bonchev–Trinajstić information content (AvgIpc) is 3.10. The summed E-state index contributed by atoms with van der Waals surface area (Å²) in [6, 6.07) is 2.74. The highest BCUT2D eigenvalue weighted by Crippen LogP contribution is 2.39. The van der Waals surface area contributed by atoms with Crippen molar-refractivity contribution in [2.75, 3.05) is 5.73 Å². The highest BCUT2D eigenvalue weighted by Gasteiger charge is 2.31.